The molecule has 1 aliphatic rings. The van der Waals surface area contributed by atoms with Gasteiger partial charge in [-0.1, -0.05) is 59.3 Å². The summed E-state index contributed by atoms with van der Waals surface area (Å²) in [6, 6.07) is 12.6. The lowest BCUT2D eigenvalue weighted by molar-refractivity contribution is -0.113. The largest absolute Gasteiger partial charge is 0.270 e. The summed E-state index contributed by atoms with van der Waals surface area (Å²) < 4.78 is 1.25. The molecule has 0 saturated carbocycles. The number of thioether (sulfide) groups is 1. The first-order chi connectivity index (χ1) is 11.0. The fourth-order valence-electron chi connectivity index (χ4n) is 2.02. The van der Waals surface area contributed by atoms with Crippen LogP contribution in [0.15, 0.2) is 51.8 Å². The average molecular weight is 445 g/mol. The van der Waals surface area contributed by atoms with E-state index in [-0.39, 0.29) is 5.91 Å². The molecule has 0 N–H and O–H groups in total. The van der Waals surface area contributed by atoms with Gasteiger partial charge in [0.15, 0.2) is 4.32 Å². The lowest BCUT2D eigenvalue weighted by atomic mass is 10.2. The molecule has 0 aromatic heterocycles. The van der Waals surface area contributed by atoms with Gasteiger partial charge in [-0.25, -0.2) is 0 Å². The third-order valence-electron chi connectivity index (χ3n) is 3.12. The van der Waals surface area contributed by atoms with Crippen molar-refractivity contribution in [2.45, 2.75) is 0 Å². The monoisotopic (exact) mass is 443 g/mol. The van der Waals surface area contributed by atoms with Gasteiger partial charge in [0.05, 0.1) is 15.6 Å². The minimum atomic E-state index is -0.159. The maximum absolute atomic E-state index is 12.7. The Morgan fingerprint density at radius 2 is 1.83 bits per heavy atom. The van der Waals surface area contributed by atoms with Crippen molar-refractivity contribution in [3.8, 4) is 0 Å². The highest BCUT2D eigenvalue weighted by molar-refractivity contribution is 9.10. The highest BCUT2D eigenvalue weighted by Crippen LogP contribution is 2.38. The summed E-state index contributed by atoms with van der Waals surface area (Å²) in [4.78, 5) is 14.7. The van der Waals surface area contributed by atoms with Gasteiger partial charge in [-0.15, -0.1) is 0 Å². The zero-order chi connectivity index (χ0) is 16.6. The SMILES string of the molecule is O=C1/C(=C\c2ccc(Cl)cc2)SC(=S)N1c1ccc(Br)c(Cl)c1. The van der Waals surface area contributed by atoms with E-state index in [0.29, 0.717) is 25.0 Å². The van der Waals surface area contributed by atoms with Crippen molar-refractivity contribution in [3.05, 3.63) is 67.5 Å². The van der Waals surface area contributed by atoms with Gasteiger partial charge in [-0.3, -0.25) is 9.69 Å². The first-order valence-electron chi connectivity index (χ1n) is 6.44. The van der Waals surface area contributed by atoms with Crippen molar-refractivity contribution in [1.82, 2.24) is 0 Å². The summed E-state index contributed by atoms with van der Waals surface area (Å²) in [6.45, 7) is 0. The zero-order valence-electron chi connectivity index (χ0n) is 11.4. The Bertz CT molecular complexity index is 836. The molecule has 0 spiro atoms. The second kappa shape index (κ2) is 6.95. The predicted octanol–water partition coefficient (Wildman–Crippen LogP) is 6.16. The minimum Gasteiger partial charge on any atom is -0.268 e. The van der Waals surface area contributed by atoms with Crippen LogP contribution in [-0.4, -0.2) is 10.2 Å². The van der Waals surface area contributed by atoms with Crippen molar-refractivity contribution in [2.24, 2.45) is 0 Å². The van der Waals surface area contributed by atoms with E-state index in [4.69, 9.17) is 35.4 Å². The number of thiocarbonyl (C=S) groups is 1. The molecule has 0 aliphatic carbocycles. The molecule has 7 heteroatoms. The second-order valence-corrected chi connectivity index (χ2v) is 8.04. The number of carbonyl (C=O) groups excluding carboxylic acids is 1. The number of hydrogen-bond donors (Lipinski definition) is 0. The molecule has 1 fully saturated rings. The molecule has 0 bridgehead atoms. The third kappa shape index (κ3) is 3.64. The summed E-state index contributed by atoms with van der Waals surface area (Å²) >= 11 is 21.9. The summed E-state index contributed by atoms with van der Waals surface area (Å²) in [5.74, 6) is -0.159. The van der Waals surface area contributed by atoms with E-state index in [0.717, 1.165) is 10.0 Å². The highest BCUT2D eigenvalue weighted by Gasteiger charge is 2.33. The topological polar surface area (TPSA) is 20.3 Å². The number of halogens is 3. The smallest absolute Gasteiger partial charge is 0.268 e. The molecule has 2 aromatic carbocycles. The summed E-state index contributed by atoms with van der Waals surface area (Å²) in [6.07, 6.45) is 1.80. The summed E-state index contributed by atoms with van der Waals surface area (Å²) in [7, 11) is 0. The standard InChI is InChI=1S/C16H8BrCl2NOS2/c17-12-6-5-11(8-13(12)19)20-15(21)14(23-16(20)22)7-9-1-3-10(18)4-2-9/h1-8H/b14-7+. The van der Waals surface area contributed by atoms with Crippen LogP contribution in [0, 0.1) is 0 Å². The Morgan fingerprint density at radius 1 is 1.13 bits per heavy atom. The molecule has 1 saturated heterocycles. The van der Waals surface area contributed by atoms with Crippen LogP contribution in [0.3, 0.4) is 0 Å². The van der Waals surface area contributed by atoms with Crippen LogP contribution in [0.1, 0.15) is 5.56 Å². The van der Waals surface area contributed by atoms with Gasteiger partial charge in [-0.05, 0) is 57.9 Å². The number of rotatable bonds is 2. The number of nitrogens with zero attached hydrogens (tertiary/aromatic N) is 1. The van der Waals surface area contributed by atoms with Gasteiger partial charge in [0.1, 0.15) is 0 Å². The van der Waals surface area contributed by atoms with Gasteiger partial charge >= 0.3 is 0 Å². The van der Waals surface area contributed by atoms with Crippen LogP contribution in [0.25, 0.3) is 6.08 Å². The minimum absolute atomic E-state index is 0.159. The van der Waals surface area contributed by atoms with Crippen LogP contribution in [0.4, 0.5) is 5.69 Å². The van der Waals surface area contributed by atoms with Crippen LogP contribution >= 0.6 is 63.1 Å². The van der Waals surface area contributed by atoms with Gasteiger partial charge in [0, 0.05) is 9.50 Å². The average Bonchev–Trinajstić information content (AvgIpc) is 2.79. The lowest BCUT2D eigenvalue weighted by Crippen LogP contribution is -2.27. The Morgan fingerprint density at radius 3 is 2.48 bits per heavy atom. The van der Waals surface area contributed by atoms with E-state index in [1.165, 1.54) is 16.7 Å². The molecule has 1 aliphatic heterocycles. The fraction of sp³-hybridized carbons (Fsp3) is 0. The van der Waals surface area contributed by atoms with E-state index < -0.39 is 0 Å². The van der Waals surface area contributed by atoms with Crippen molar-refractivity contribution in [1.29, 1.82) is 0 Å². The maximum atomic E-state index is 12.7. The van der Waals surface area contributed by atoms with E-state index in [9.17, 15) is 4.79 Å². The van der Waals surface area contributed by atoms with Gasteiger partial charge < -0.3 is 0 Å². The van der Waals surface area contributed by atoms with Crippen LogP contribution < -0.4 is 4.90 Å². The predicted molar refractivity (Wildman–Crippen MR) is 106 cm³/mol. The molecule has 0 unspecified atom stereocenters. The van der Waals surface area contributed by atoms with E-state index in [1.807, 2.05) is 12.1 Å². The third-order valence-corrected chi connectivity index (χ3v) is 5.91. The Labute approximate surface area is 161 Å². The molecule has 116 valence electrons. The number of carbonyl (C=O) groups is 1. The molecular formula is C16H8BrCl2NOS2. The molecule has 0 atom stereocenters. The van der Waals surface area contributed by atoms with Gasteiger partial charge in [-0.2, -0.15) is 0 Å². The van der Waals surface area contributed by atoms with Crippen molar-refractivity contribution in [2.75, 3.05) is 4.90 Å². The van der Waals surface area contributed by atoms with Crippen LogP contribution in [-0.2, 0) is 4.79 Å². The highest BCUT2D eigenvalue weighted by atomic mass is 79.9. The van der Waals surface area contributed by atoms with Gasteiger partial charge in [0.2, 0.25) is 0 Å². The normalized spacial score (nSPS) is 16.5. The lowest BCUT2D eigenvalue weighted by Gasteiger charge is -2.15. The van der Waals surface area contributed by atoms with Crippen molar-refractivity contribution >= 4 is 85.1 Å². The Balaban J connectivity index is 1.93. The molecule has 1 amide bonds. The molecule has 2 aromatic rings. The first kappa shape index (κ1) is 17.0. The van der Waals surface area contributed by atoms with E-state index in [2.05, 4.69) is 15.9 Å². The first-order valence-corrected chi connectivity index (χ1v) is 9.21. The second-order valence-electron chi connectivity index (χ2n) is 4.67. The van der Waals surface area contributed by atoms with E-state index >= 15 is 0 Å². The number of anilines is 1. The van der Waals surface area contributed by atoms with Gasteiger partial charge in [0.25, 0.3) is 5.91 Å². The number of amides is 1. The maximum Gasteiger partial charge on any atom is 0.270 e. The van der Waals surface area contributed by atoms with Crippen LogP contribution in [0.5, 0.6) is 0 Å². The van der Waals surface area contributed by atoms with Crippen molar-refractivity contribution < 1.29 is 4.79 Å². The number of benzene rings is 2. The molecule has 23 heavy (non-hydrogen) atoms. The molecule has 3 rings (SSSR count). The molecule has 1 heterocycles. The molecule has 0 radical (unpaired) electrons. The summed E-state index contributed by atoms with van der Waals surface area (Å²) in [5.41, 5.74) is 1.55. The van der Waals surface area contributed by atoms with E-state index in [1.54, 1.807) is 36.4 Å². The molecular weight excluding hydrogens is 437 g/mol. The Kier molecular flexibility index (Phi) is 5.13. The van der Waals surface area contributed by atoms with Crippen molar-refractivity contribution in [3.63, 3.8) is 0 Å². The number of hydrogen-bond acceptors (Lipinski definition) is 3. The quantitative estimate of drug-likeness (QED) is 0.408. The fourth-order valence-corrected chi connectivity index (χ4v) is 3.87. The summed E-state index contributed by atoms with van der Waals surface area (Å²) in [5, 5.41) is 1.18. The molecule has 2 nitrogen and oxygen atoms in total. The van der Waals surface area contributed by atoms with Crippen LogP contribution in [0.2, 0.25) is 10.0 Å². The Hall–Kier alpha value is -0.850. The zero-order valence-corrected chi connectivity index (χ0v) is 16.2.